The van der Waals surface area contributed by atoms with Gasteiger partial charge >= 0.3 is 0 Å². The number of carbonyl (C=O) groups excluding carboxylic acids is 1. The zero-order chi connectivity index (χ0) is 15.6. The van der Waals surface area contributed by atoms with Crippen LogP contribution < -0.4 is 15.5 Å². The molecule has 0 aromatic carbocycles. The molecule has 0 aliphatic carbocycles. The molecular formula is C15H25N5O. The average molecular weight is 291 g/mol. The van der Waals surface area contributed by atoms with Crippen molar-refractivity contribution in [1.82, 2.24) is 15.3 Å². The lowest BCUT2D eigenvalue weighted by Gasteiger charge is -2.26. The summed E-state index contributed by atoms with van der Waals surface area (Å²) in [5, 5.41) is 6.05. The van der Waals surface area contributed by atoms with Crippen LogP contribution >= 0.6 is 0 Å². The SMILES string of the molecule is CNc1nc(C(C)(C)C)nc(N2CCNC(=O)CC2)c1C. The minimum atomic E-state index is -0.117. The van der Waals surface area contributed by atoms with Gasteiger partial charge in [-0.05, 0) is 6.92 Å². The number of hydrogen-bond acceptors (Lipinski definition) is 5. The molecule has 1 aliphatic heterocycles. The van der Waals surface area contributed by atoms with Crippen LogP contribution in [-0.2, 0) is 10.2 Å². The molecule has 0 radical (unpaired) electrons. The predicted molar refractivity (Wildman–Crippen MR) is 84.9 cm³/mol. The topological polar surface area (TPSA) is 70.2 Å². The molecule has 6 nitrogen and oxygen atoms in total. The summed E-state index contributed by atoms with van der Waals surface area (Å²) < 4.78 is 0. The lowest BCUT2D eigenvalue weighted by atomic mass is 9.95. The Morgan fingerprint density at radius 2 is 1.95 bits per heavy atom. The zero-order valence-electron chi connectivity index (χ0n) is 13.6. The van der Waals surface area contributed by atoms with E-state index < -0.39 is 0 Å². The highest BCUT2D eigenvalue weighted by Gasteiger charge is 2.24. The van der Waals surface area contributed by atoms with E-state index in [0.717, 1.165) is 29.6 Å². The maximum absolute atomic E-state index is 11.5. The molecule has 0 bridgehead atoms. The van der Waals surface area contributed by atoms with E-state index in [1.54, 1.807) is 0 Å². The van der Waals surface area contributed by atoms with Crippen molar-refractivity contribution in [2.45, 2.75) is 39.5 Å². The van der Waals surface area contributed by atoms with Gasteiger partial charge in [0.15, 0.2) is 0 Å². The third-order valence-corrected chi connectivity index (χ3v) is 3.64. The first-order chi connectivity index (χ1) is 9.82. The number of carbonyl (C=O) groups is 1. The van der Waals surface area contributed by atoms with E-state index >= 15 is 0 Å². The monoisotopic (exact) mass is 291 g/mol. The lowest BCUT2D eigenvalue weighted by molar-refractivity contribution is -0.120. The Bertz CT molecular complexity index is 536. The van der Waals surface area contributed by atoms with Gasteiger partial charge in [-0.3, -0.25) is 4.79 Å². The molecule has 1 aliphatic rings. The Hall–Kier alpha value is -1.85. The summed E-state index contributed by atoms with van der Waals surface area (Å²) in [6.07, 6.45) is 0.503. The number of hydrogen-bond donors (Lipinski definition) is 2. The number of aromatic nitrogens is 2. The number of nitrogens with zero attached hydrogens (tertiary/aromatic N) is 3. The van der Waals surface area contributed by atoms with Crippen molar-refractivity contribution >= 4 is 17.5 Å². The van der Waals surface area contributed by atoms with Crippen LogP contribution in [0.5, 0.6) is 0 Å². The molecule has 6 heteroatoms. The summed E-state index contributed by atoms with van der Waals surface area (Å²) in [5.41, 5.74) is 0.911. The second kappa shape index (κ2) is 5.87. The van der Waals surface area contributed by atoms with Crippen LogP contribution in [0.4, 0.5) is 11.6 Å². The van der Waals surface area contributed by atoms with Crippen molar-refractivity contribution in [1.29, 1.82) is 0 Å². The van der Waals surface area contributed by atoms with E-state index in [1.807, 2.05) is 14.0 Å². The van der Waals surface area contributed by atoms with Crippen molar-refractivity contribution in [2.75, 3.05) is 36.9 Å². The van der Waals surface area contributed by atoms with Crippen LogP contribution in [-0.4, -0.2) is 42.6 Å². The van der Waals surface area contributed by atoms with Crippen molar-refractivity contribution in [3.8, 4) is 0 Å². The highest BCUT2D eigenvalue weighted by atomic mass is 16.1. The van der Waals surface area contributed by atoms with Crippen LogP contribution in [0.3, 0.4) is 0 Å². The molecule has 0 saturated carbocycles. The Labute approximate surface area is 126 Å². The maximum Gasteiger partial charge on any atom is 0.221 e. The second-order valence-electron chi connectivity index (χ2n) is 6.43. The van der Waals surface area contributed by atoms with Crippen molar-refractivity contribution in [3.63, 3.8) is 0 Å². The third-order valence-electron chi connectivity index (χ3n) is 3.64. The third kappa shape index (κ3) is 3.43. The number of amides is 1. The van der Waals surface area contributed by atoms with E-state index in [-0.39, 0.29) is 11.3 Å². The molecule has 2 heterocycles. The molecule has 21 heavy (non-hydrogen) atoms. The van der Waals surface area contributed by atoms with E-state index in [1.165, 1.54) is 0 Å². The molecule has 1 aromatic heterocycles. The van der Waals surface area contributed by atoms with E-state index in [0.29, 0.717) is 19.5 Å². The largest absolute Gasteiger partial charge is 0.373 e. The van der Waals surface area contributed by atoms with E-state index in [2.05, 4.69) is 41.3 Å². The van der Waals surface area contributed by atoms with Gasteiger partial charge in [-0.15, -0.1) is 0 Å². The van der Waals surface area contributed by atoms with Crippen molar-refractivity contribution in [3.05, 3.63) is 11.4 Å². The normalized spacial score (nSPS) is 16.4. The number of anilines is 2. The molecule has 2 rings (SSSR count). The first-order valence-electron chi connectivity index (χ1n) is 7.41. The summed E-state index contributed by atoms with van der Waals surface area (Å²) in [6.45, 7) is 10.5. The molecule has 1 fully saturated rings. The predicted octanol–water partition coefficient (Wildman–Crippen LogP) is 1.45. The van der Waals surface area contributed by atoms with Crippen LogP contribution in [0.15, 0.2) is 0 Å². The Balaban J connectivity index is 2.43. The van der Waals surface area contributed by atoms with Crippen LogP contribution in [0.1, 0.15) is 38.6 Å². The fourth-order valence-corrected chi connectivity index (χ4v) is 2.37. The highest BCUT2D eigenvalue weighted by Crippen LogP contribution is 2.28. The summed E-state index contributed by atoms with van der Waals surface area (Å²) in [4.78, 5) is 23.1. The van der Waals surface area contributed by atoms with Gasteiger partial charge in [-0.1, -0.05) is 20.8 Å². The number of nitrogens with one attached hydrogen (secondary N) is 2. The zero-order valence-corrected chi connectivity index (χ0v) is 13.6. The summed E-state index contributed by atoms with van der Waals surface area (Å²) in [6, 6.07) is 0. The second-order valence-corrected chi connectivity index (χ2v) is 6.43. The first-order valence-corrected chi connectivity index (χ1v) is 7.41. The van der Waals surface area contributed by atoms with Gasteiger partial charge in [0.1, 0.15) is 17.5 Å². The number of rotatable bonds is 2. The highest BCUT2D eigenvalue weighted by molar-refractivity contribution is 5.77. The van der Waals surface area contributed by atoms with Crippen molar-refractivity contribution < 1.29 is 4.79 Å². The smallest absolute Gasteiger partial charge is 0.221 e. The van der Waals surface area contributed by atoms with Gasteiger partial charge in [0.2, 0.25) is 5.91 Å². The van der Waals surface area contributed by atoms with Gasteiger partial charge in [0.05, 0.1) is 0 Å². The molecule has 1 saturated heterocycles. The lowest BCUT2D eigenvalue weighted by Crippen LogP contribution is -2.31. The van der Waals surface area contributed by atoms with Gasteiger partial charge in [0, 0.05) is 44.1 Å². The minimum Gasteiger partial charge on any atom is -0.373 e. The Morgan fingerprint density at radius 3 is 2.57 bits per heavy atom. The van der Waals surface area contributed by atoms with E-state index in [4.69, 9.17) is 4.98 Å². The van der Waals surface area contributed by atoms with Crippen LogP contribution in [0, 0.1) is 6.92 Å². The average Bonchev–Trinajstić information content (AvgIpc) is 2.62. The quantitative estimate of drug-likeness (QED) is 0.863. The molecule has 2 N–H and O–H groups in total. The fourth-order valence-electron chi connectivity index (χ4n) is 2.37. The molecule has 0 unspecified atom stereocenters. The summed E-state index contributed by atoms with van der Waals surface area (Å²) >= 11 is 0. The van der Waals surface area contributed by atoms with Gasteiger partial charge in [-0.2, -0.15) is 0 Å². The maximum atomic E-state index is 11.5. The molecule has 0 atom stereocenters. The van der Waals surface area contributed by atoms with Crippen LogP contribution in [0.25, 0.3) is 0 Å². The standard InChI is InChI=1S/C15H25N5O/c1-10-12(16-5)18-14(15(2,3)4)19-13(10)20-8-6-11(21)17-7-9-20/h6-9H2,1-5H3,(H,17,21)(H,16,18,19). The molecule has 1 aromatic rings. The van der Waals surface area contributed by atoms with Crippen molar-refractivity contribution in [2.24, 2.45) is 0 Å². The van der Waals surface area contributed by atoms with E-state index in [9.17, 15) is 4.79 Å². The molecule has 116 valence electrons. The van der Waals surface area contributed by atoms with Gasteiger partial charge in [0.25, 0.3) is 0 Å². The Kier molecular flexibility index (Phi) is 4.34. The molecular weight excluding hydrogens is 266 g/mol. The Morgan fingerprint density at radius 1 is 1.24 bits per heavy atom. The summed E-state index contributed by atoms with van der Waals surface area (Å²) in [5.74, 6) is 2.70. The fraction of sp³-hybridized carbons (Fsp3) is 0.667. The summed E-state index contributed by atoms with van der Waals surface area (Å²) in [7, 11) is 1.87. The molecule has 1 amide bonds. The first kappa shape index (κ1) is 15.5. The van der Waals surface area contributed by atoms with Gasteiger partial charge in [-0.25, -0.2) is 9.97 Å². The molecule has 0 spiro atoms. The minimum absolute atomic E-state index is 0.106. The van der Waals surface area contributed by atoms with Crippen LogP contribution in [0.2, 0.25) is 0 Å². The van der Waals surface area contributed by atoms with Gasteiger partial charge < -0.3 is 15.5 Å².